The molecular formula is C23H18O. The third-order valence-electron chi connectivity index (χ3n) is 4.65. The highest BCUT2D eigenvalue weighted by atomic mass is 16.5. The van der Waals surface area contributed by atoms with E-state index in [4.69, 9.17) is 4.74 Å². The summed E-state index contributed by atoms with van der Waals surface area (Å²) >= 11 is 0. The van der Waals surface area contributed by atoms with Crippen LogP contribution >= 0.6 is 0 Å². The molecule has 0 aliphatic heterocycles. The Balaban J connectivity index is 2.09. The van der Waals surface area contributed by atoms with Gasteiger partial charge in [-0.3, -0.25) is 0 Å². The molecule has 1 heteroatoms. The Morgan fingerprint density at radius 3 is 1.88 bits per heavy atom. The maximum atomic E-state index is 5.18. The fraction of sp³-hybridized carbons (Fsp3) is 0.130. The standard InChI is InChI=1S/C23H18O/c1-24-17-9-16-23(18-10-3-2-4-11-18)21-14-7-5-12-19(21)20-13-6-8-15-22(20)23/h2-8,10-15H,17H2,1H3. The molecule has 0 saturated heterocycles. The SMILES string of the molecule is COCC#CC1(c2ccccc2)c2ccccc2-c2ccccc21. The lowest BCUT2D eigenvalue weighted by molar-refractivity contribution is 0.239. The number of hydrogen-bond donors (Lipinski definition) is 0. The van der Waals surface area contributed by atoms with Crippen molar-refractivity contribution in [1.82, 2.24) is 0 Å². The molecule has 1 aliphatic rings. The first-order valence-corrected chi connectivity index (χ1v) is 8.12. The molecule has 1 nitrogen and oxygen atoms in total. The number of fused-ring (bicyclic) bond motifs is 3. The van der Waals surface area contributed by atoms with E-state index in [0.29, 0.717) is 6.61 Å². The van der Waals surface area contributed by atoms with E-state index in [0.717, 1.165) is 0 Å². The number of hydrogen-bond acceptors (Lipinski definition) is 1. The lowest BCUT2D eigenvalue weighted by Crippen LogP contribution is -2.25. The first-order chi connectivity index (χ1) is 11.9. The van der Waals surface area contributed by atoms with E-state index in [2.05, 4.69) is 84.6 Å². The van der Waals surface area contributed by atoms with Crippen LogP contribution in [0.3, 0.4) is 0 Å². The van der Waals surface area contributed by atoms with E-state index in [1.807, 2.05) is 6.07 Å². The third kappa shape index (κ3) is 2.08. The fourth-order valence-electron chi connectivity index (χ4n) is 3.68. The minimum Gasteiger partial charge on any atom is -0.372 e. The van der Waals surface area contributed by atoms with Gasteiger partial charge in [-0.25, -0.2) is 0 Å². The van der Waals surface area contributed by atoms with Gasteiger partial charge in [0.1, 0.15) is 12.0 Å². The highest BCUT2D eigenvalue weighted by Gasteiger charge is 2.43. The zero-order valence-corrected chi connectivity index (χ0v) is 13.6. The average Bonchev–Trinajstić information content (AvgIpc) is 2.94. The molecule has 0 bridgehead atoms. The van der Waals surface area contributed by atoms with Crippen molar-refractivity contribution < 1.29 is 4.74 Å². The summed E-state index contributed by atoms with van der Waals surface area (Å²) in [4.78, 5) is 0. The average molecular weight is 310 g/mol. The summed E-state index contributed by atoms with van der Waals surface area (Å²) in [5, 5.41) is 0. The molecule has 3 aromatic carbocycles. The monoisotopic (exact) mass is 310 g/mol. The van der Waals surface area contributed by atoms with E-state index >= 15 is 0 Å². The highest BCUT2D eigenvalue weighted by molar-refractivity contribution is 5.85. The number of rotatable bonds is 2. The van der Waals surface area contributed by atoms with Crippen LogP contribution in [0.4, 0.5) is 0 Å². The van der Waals surface area contributed by atoms with Crippen LogP contribution in [0, 0.1) is 11.8 Å². The van der Waals surface area contributed by atoms with Crippen molar-refractivity contribution in [2.75, 3.05) is 13.7 Å². The van der Waals surface area contributed by atoms with Gasteiger partial charge in [0.2, 0.25) is 0 Å². The third-order valence-corrected chi connectivity index (χ3v) is 4.65. The van der Waals surface area contributed by atoms with Gasteiger partial charge in [-0.1, -0.05) is 90.7 Å². The summed E-state index contributed by atoms with van der Waals surface area (Å²) in [6.45, 7) is 0.429. The van der Waals surface area contributed by atoms with E-state index in [9.17, 15) is 0 Å². The Morgan fingerprint density at radius 1 is 0.750 bits per heavy atom. The summed E-state index contributed by atoms with van der Waals surface area (Å²) in [6, 6.07) is 27.7. The Labute approximate surface area is 142 Å². The first-order valence-electron chi connectivity index (χ1n) is 8.12. The lowest BCUT2D eigenvalue weighted by Gasteiger charge is -2.27. The molecule has 24 heavy (non-hydrogen) atoms. The second-order valence-corrected chi connectivity index (χ2v) is 5.94. The second kappa shape index (κ2) is 6.00. The largest absolute Gasteiger partial charge is 0.372 e. The quantitative estimate of drug-likeness (QED) is 0.626. The molecule has 0 N–H and O–H groups in total. The molecule has 0 spiro atoms. The van der Waals surface area contributed by atoms with Crippen molar-refractivity contribution in [3.8, 4) is 23.0 Å². The van der Waals surface area contributed by atoms with Gasteiger partial charge in [-0.2, -0.15) is 0 Å². The second-order valence-electron chi connectivity index (χ2n) is 5.94. The Kier molecular flexibility index (Phi) is 3.69. The molecule has 0 fully saturated rings. The molecule has 4 rings (SSSR count). The molecule has 0 aromatic heterocycles. The topological polar surface area (TPSA) is 9.23 Å². The molecule has 0 radical (unpaired) electrons. The summed E-state index contributed by atoms with van der Waals surface area (Å²) in [5.41, 5.74) is 5.80. The van der Waals surface area contributed by atoms with Crippen molar-refractivity contribution in [1.29, 1.82) is 0 Å². The van der Waals surface area contributed by atoms with E-state index < -0.39 is 5.41 Å². The van der Waals surface area contributed by atoms with E-state index in [1.165, 1.54) is 27.8 Å². The molecule has 116 valence electrons. The predicted octanol–water partition coefficient (Wildman–Crippen LogP) is 4.65. The van der Waals surface area contributed by atoms with Crippen LogP contribution in [0.25, 0.3) is 11.1 Å². The van der Waals surface area contributed by atoms with Gasteiger partial charge < -0.3 is 4.74 Å². The van der Waals surface area contributed by atoms with Gasteiger partial charge in [0, 0.05) is 7.11 Å². The van der Waals surface area contributed by atoms with Gasteiger partial charge in [-0.05, 0) is 27.8 Å². The fourth-order valence-corrected chi connectivity index (χ4v) is 3.68. The van der Waals surface area contributed by atoms with Crippen LogP contribution in [0.2, 0.25) is 0 Å². The molecular weight excluding hydrogens is 292 g/mol. The Morgan fingerprint density at radius 2 is 1.29 bits per heavy atom. The zero-order chi connectivity index (χ0) is 16.4. The molecule has 3 aromatic rings. The van der Waals surface area contributed by atoms with Gasteiger partial charge in [0.25, 0.3) is 0 Å². The summed E-state index contributed by atoms with van der Waals surface area (Å²) in [5.74, 6) is 6.78. The molecule has 0 atom stereocenters. The van der Waals surface area contributed by atoms with Crippen molar-refractivity contribution in [2.24, 2.45) is 0 Å². The van der Waals surface area contributed by atoms with Crippen molar-refractivity contribution in [3.63, 3.8) is 0 Å². The summed E-state index contributed by atoms with van der Waals surface area (Å²) in [6.07, 6.45) is 0. The van der Waals surface area contributed by atoms with Crippen LogP contribution < -0.4 is 0 Å². The van der Waals surface area contributed by atoms with E-state index in [-0.39, 0.29) is 0 Å². The maximum absolute atomic E-state index is 5.18. The highest BCUT2D eigenvalue weighted by Crippen LogP contribution is 2.51. The van der Waals surface area contributed by atoms with Crippen molar-refractivity contribution in [2.45, 2.75) is 5.41 Å². The molecule has 0 heterocycles. The van der Waals surface area contributed by atoms with Crippen LogP contribution in [-0.4, -0.2) is 13.7 Å². The molecule has 0 saturated carbocycles. The Bertz CT molecular complexity index is 883. The van der Waals surface area contributed by atoms with Crippen molar-refractivity contribution >= 4 is 0 Å². The van der Waals surface area contributed by atoms with Gasteiger partial charge in [0.05, 0.1) is 0 Å². The van der Waals surface area contributed by atoms with Gasteiger partial charge in [-0.15, -0.1) is 0 Å². The van der Waals surface area contributed by atoms with Gasteiger partial charge >= 0.3 is 0 Å². The normalized spacial score (nSPS) is 13.5. The predicted molar refractivity (Wildman–Crippen MR) is 97.9 cm³/mol. The zero-order valence-electron chi connectivity index (χ0n) is 13.6. The molecule has 0 unspecified atom stereocenters. The summed E-state index contributed by atoms with van der Waals surface area (Å²) in [7, 11) is 1.68. The minimum absolute atomic E-state index is 0.429. The van der Waals surface area contributed by atoms with Crippen molar-refractivity contribution in [3.05, 3.63) is 95.6 Å². The Hall–Kier alpha value is -2.82. The minimum atomic E-state index is -0.438. The number of methoxy groups -OCH3 is 1. The first kappa shape index (κ1) is 14.8. The van der Waals surface area contributed by atoms with Crippen LogP contribution in [0.15, 0.2) is 78.9 Å². The smallest absolute Gasteiger partial charge is 0.107 e. The van der Waals surface area contributed by atoms with Gasteiger partial charge in [0.15, 0.2) is 0 Å². The van der Waals surface area contributed by atoms with Crippen LogP contribution in [-0.2, 0) is 10.2 Å². The van der Waals surface area contributed by atoms with E-state index in [1.54, 1.807) is 7.11 Å². The number of ether oxygens (including phenoxy) is 1. The number of benzene rings is 3. The van der Waals surface area contributed by atoms with Crippen LogP contribution in [0.1, 0.15) is 16.7 Å². The molecule has 0 amide bonds. The lowest BCUT2D eigenvalue weighted by atomic mass is 9.73. The molecule has 1 aliphatic carbocycles. The van der Waals surface area contributed by atoms with Crippen LogP contribution in [0.5, 0.6) is 0 Å². The maximum Gasteiger partial charge on any atom is 0.107 e. The summed E-state index contributed by atoms with van der Waals surface area (Å²) < 4.78 is 5.18.